The minimum Gasteiger partial charge on any atom is -0.508 e. The highest BCUT2D eigenvalue weighted by Crippen LogP contribution is 2.56. The maximum atomic E-state index is 17.1. The molecule has 11 nitrogen and oxygen atoms in total. The van der Waals surface area contributed by atoms with E-state index in [2.05, 4.69) is 20.8 Å². The van der Waals surface area contributed by atoms with Gasteiger partial charge in [0.15, 0.2) is 15.7 Å². The van der Waals surface area contributed by atoms with Gasteiger partial charge < -0.3 is 24.6 Å². The van der Waals surface area contributed by atoms with Gasteiger partial charge in [0.25, 0.3) is 0 Å². The Labute approximate surface area is 312 Å². The molecule has 0 radical (unpaired) electrons. The largest absolute Gasteiger partial charge is 0.508 e. The van der Waals surface area contributed by atoms with Crippen LogP contribution in [0.2, 0.25) is 0 Å². The molecular weight excluding hydrogens is 717 g/mol. The molecule has 2 N–H and O–H groups in total. The van der Waals surface area contributed by atoms with Crippen molar-refractivity contribution in [3.05, 3.63) is 47.7 Å². The molecule has 4 aromatic rings. The van der Waals surface area contributed by atoms with E-state index in [9.17, 15) is 23.0 Å². The number of halogens is 2. The number of aromatic nitrogens is 3. The van der Waals surface area contributed by atoms with E-state index in [-0.39, 0.29) is 74.9 Å². The van der Waals surface area contributed by atoms with E-state index in [0.717, 1.165) is 51.5 Å². The molecule has 1 spiro atoms. The summed E-state index contributed by atoms with van der Waals surface area (Å²) >= 11 is 0. The number of likely N-dealkylation sites (tertiary alicyclic amines) is 1. The second-order valence-corrected chi connectivity index (χ2v) is 18.7. The molecule has 3 saturated heterocycles. The van der Waals surface area contributed by atoms with Crippen molar-refractivity contribution in [2.24, 2.45) is 10.8 Å². The zero-order valence-corrected chi connectivity index (χ0v) is 31.0. The molecule has 54 heavy (non-hydrogen) atoms. The molecule has 3 aliphatic heterocycles. The summed E-state index contributed by atoms with van der Waals surface area (Å²) in [5.74, 6) is 1.66. The summed E-state index contributed by atoms with van der Waals surface area (Å²) in [5, 5.41) is 22.7. The third-order valence-electron chi connectivity index (χ3n) is 12.5. The zero-order chi connectivity index (χ0) is 37.6. The van der Waals surface area contributed by atoms with Gasteiger partial charge in [0, 0.05) is 46.6 Å². The highest BCUT2D eigenvalue weighted by molar-refractivity contribution is 7.92. The Kier molecular flexibility index (Phi) is 8.35. The number of fused-ring (bicyclic) bond motifs is 3. The lowest BCUT2D eigenvalue weighted by molar-refractivity contribution is -0.0726. The van der Waals surface area contributed by atoms with Crippen molar-refractivity contribution in [2.45, 2.75) is 69.6 Å². The van der Waals surface area contributed by atoms with Crippen LogP contribution < -0.4 is 9.64 Å². The van der Waals surface area contributed by atoms with Crippen LogP contribution in [0.1, 0.15) is 57.4 Å². The first kappa shape index (κ1) is 35.5. The average Bonchev–Trinajstić information content (AvgIpc) is 3.45. The number of anilines is 1. The summed E-state index contributed by atoms with van der Waals surface area (Å²) in [6, 6.07) is 6.04. The molecule has 284 valence electrons. The molecule has 5 heterocycles. The fourth-order valence-corrected chi connectivity index (χ4v) is 12.6. The highest BCUT2D eigenvalue weighted by Gasteiger charge is 2.60. The van der Waals surface area contributed by atoms with Gasteiger partial charge in [0.1, 0.15) is 34.2 Å². The fraction of sp³-hybridized carbons (Fsp3) is 0.525. The van der Waals surface area contributed by atoms with Crippen LogP contribution in [0, 0.1) is 34.8 Å². The number of hydrogen-bond acceptors (Lipinski definition) is 11. The van der Waals surface area contributed by atoms with Crippen LogP contribution in [0.4, 0.5) is 14.6 Å². The smallest absolute Gasteiger partial charge is 0.319 e. The van der Waals surface area contributed by atoms with Crippen LogP contribution in [-0.2, 0) is 14.6 Å². The van der Waals surface area contributed by atoms with Crippen molar-refractivity contribution in [1.29, 1.82) is 0 Å². The molecular formula is C40H43F2N5O6S. The van der Waals surface area contributed by atoms with Crippen molar-refractivity contribution in [2.75, 3.05) is 55.9 Å². The van der Waals surface area contributed by atoms with E-state index < -0.39 is 27.1 Å². The first-order valence-corrected chi connectivity index (χ1v) is 20.5. The Bertz CT molecular complexity index is 2330. The summed E-state index contributed by atoms with van der Waals surface area (Å²) in [4.78, 5) is 18.4. The third kappa shape index (κ3) is 5.95. The van der Waals surface area contributed by atoms with Crippen molar-refractivity contribution >= 4 is 37.3 Å². The number of pyridine rings is 1. The number of aromatic hydroxyl groups is 1. The molecule has 0 bridgehead atoms. The standard InChI is InChI=1S/C40H43F2N5O6S/c1-3-27-30(41)8-7-24-14-26(48)15-28(32(24)27)34-33(42)35-29(18-43-34)36(46-12-13-52-20-38(2,49)19-46)45-37(44-35)53-21-40-9-4-6-31(40)47(11-5-10-40)25-16-39(17-25)22-54(50,51)23-39/h1,7-8,14-15,18,25,31,48-49H,4-6,9-13,16-17,19-23H2,2H3/t31-,38+,40-/m1/s1. The molecule has 0 amide bonds. The Morgan fingerprint density at radius 2 is 1.93 bits per heavy atom. The van der Waals surface area contributed by atoms with Gasteiger partial charge in [-0.05, 0) is 75.6 Å². The maximum Gasteiger partial charge on any atom is 0.319 e. The van der Waals surface area contributed by atoms with Gasteiger partial charge in [0.2, 0.25) is 0 Å². The first-order chi connectivity index (χ1) is 25.8. The number of aliphatic hydroxyl groups is 1. The fourth-order valence-electron chi connectivity index (χ4n) is 10.3. The molecule has 0 unspecified atom stereocenters. The quantitative estimate of drug-likeness (QED) is 0.258. The molecule has 14 heteroatoms. The lowest BCUT2D eigenvalue weighted by atomic mass is 9.64. The van der Waals surface area contributed by atoms with Crippen LogP contribution >= 0.6 is 0 Å². The minimum atomic E-state index is -2.89. The number of β-amino-alcohol motifs (C(OH)–C–C–N with tert-alkyl or cyclic N) is 1. The van der Waals surface area contributed by atoms with Crippen LogP contribution in [0.25, 0.3) is 32.9 Å². The minimum absolute atomic E-state index is 0.0195. The second kappa shape index (κ2) is 12.7. The Balaban J connectivity index is 1.10. The van der Waals surface area contributed by atoms with Gasteiger partial charge in [-0.25, -0.2) is 17.2 Å². The molecule has 9 rings (SSSR count). The van der Waals surface area contributed by atoms with Crippen LogP contribution in [-0.4, -0.2) is 107 Å². The van der Waals surface area contributed by atoms with Crippen LogP contribution in [0.5, 0.6) is 11.8 Å². The van der Waals surface area contributed by atoms with Crippen molar-refractivity contribution in [1.82, 2.24) is 19.9 Å². The van der Waals surface area contributed by atoms with Gasteiger partial charge in [-0.2, -0.15) is 9.97 Å². The molecule has 5 fully saturated rings. The topological polar surface area (TPSA) is 138 Å². The van der Waals surface area contributed by atoms with Crippen LogP contribution in [0.15, 0.2) is 30.5 Å². The maximum absolute atomic E-state index is 17.1. The zero-order valence-electron chi connectivity index (χ0n) is 30.2. The van der Waals surface area contributed by atoms with Gasteiger partial charge >= 0.3 is 6.01 Å². The van der Waals surface area contributed by atoms with Crippen molar-refractivity contribution in [3.63, 3.8) is 0 Å². The first-order valence-electron chi connectivity index (χ1n) is 18.7. The molecule has 2 aliphatic carbocycles. The van der Waals surface area contributed by atoms with Gasteiger partial charge in [0.05, 0.1) is 48.8 Å². The summed E-state index contributed by atoms with van der Waals surface area (Å²) in [6.07, 6.45) is 14.0. The number of terminal acetylenes is 1. The van der Waals surface area contributed by atoms with E-state index in [1.54, 1.807) is 6.92 Å². The van der Waals surface area contributed by atoms with Gasteiger partial charge in [-0.1, -0.05) is 18.4 Å². The number of ether oxygens (including phenoxy) is 2. The highest BCUT2D eigenvalue weighted by atomic mass is 32.2. The number of rotatable bonds is 6. The predicted molar refractivity (Wildman–Crippen MR) is 199 cm³/mol. The predicted octanol–water partition coefficient (Wildman–Crippen LogP) is 4.99. The van der Waals surface area contributed by atoms with E-state index in [0.29, 0.717) is 48.5 Å². The van der Waals surface area contributed by atoms with E-state index in [4.69, 9.17) is 20.9 Å². The number of nitrogens with zero attached hydrogens (tertiary/aromatic N) is 5. The lowest BCUT2D eigenvalue weighted by Crippen LogP contribution is -2.66. The summed E-state index contributed by atoms with van der Waals surface area (Å²) in [7, 11) is -2.89. The lowest BCUT2D eigenvalue weighted by Gasteiger charge is -2.60. The number of piperidine rings is 1. The number of benzene rings is 2. The molecule has 5 aliphatic rings. The van der Waals surface area contributed by atoms with Crippen molar-refractivity contribution in [3.8, 4) is 35.4 Å². The number of sulfone groups is 1. The molecule has 2 saturated carbocycles. The summed E-state index contributed by atoms with van der Waals surface area (Å²) in [6.45, 7) is 3.89. The van der Waals surface area contributed by atoms with Crippen LogP contribution in [0.3, 0.4) is 0 Å². The van der Waals surface area contributed by atoms with Gasteiger partial charge in [-0.3, -0.25) is 9.88 Å². The monoisotopic (exact) mass is 759 g/mol. The SMILES string of the molecule is C#Cc1c(F)ccc2cc(O)cc(-c3ncc4c(N5CCOC[C@@](C)(O)C5)nc(OC[C@]56CCC[C@H]5N(C5CC7(C5)CS(=O)(=O)C7)CCC6)nc4c3F)c12. The average molecular weight is 760 g/mol. The van der Waals surface area contributed by atoms with Gasteiger partial charge in [-0.15, -0.1) is 6.42 Å². The Hall–Kier alpha value is -4.16. The number of phenols is 1. The Morgan fingerprint density at radius 1 is 1.13 bits per heavy atom. The number of phenolic OH excluding ortho intramolecular Hbond substituents is 1. The van der Waals surface area contributed by atoms with E-state index in [1.807, 2.05) is 4.90 Å². The summed E-state index contributed by atoms with van der Waals surface area (Å²) < 4.78 is 68.2. The number of hydrogen-bond donors (Lipinski definition) is 2. The third-order valence-corrected chi connectivity index (χ3v) is 14.6. The normalized spacial score (nSPS) is 28.0. The van der Waals surface area contributed by atoms with Crippen molar-refractivity contribution < 1.29 is 36.9 Å². The molecule has 2 aromatic heterocycles. The Morgan fingerprint density at radius 3 is 2.70 bits per heavy atom. The van der Waals surface area contributed by atoms with E-state index >= 15 is 4.39 Å². The molecule has 2 aromatic carbocycles. The second-order valence-electron chi connectivity index (χ2n) is 16.6. The van der Waals surface area contributed by atoms with E-state index in [1.165, 1.54) is 30.5 Å². The summed E-state index contributed by atoms with van der Waals surface area (Å²) in [5.41, 5.74) is -1.66. The molecule has 3 atom stereocenters.